The molecule has 0 aliphatic carbocycles. The van der Waals surface area contributed by atoms with Gasteiger partial charge in [-0.25, -0.2) is 9.97 Å². The van der Waals surface area contributed by atoms with Crippen molar-refractivity contribution in [2.45, 2.75) is 39.2 Å². The third-order valence-electron chi connectivity index (χ3n) is 3.85. The van der Waals surface area contributed by atoms with Crippen molar-refractivity contribution in [2.24, 2.45) is 0 Å². The highest BCUT2D eigenvalue weighted by Gasteiger charge is 2.27. The Morgan fingerprint density at radius 2 is 2.26 bits per heavy atom. The first-order chi connectivity index (χ1) is 9.16. The second-order valence-electron chi connectivity index (χ2n) is 5.14. The quantitative estimate of drug-likeness (QED) is 0.787. The van der Waals surface area contributed by atoms with Crippen LogP contribution in [-0.4, -0.2) is 31.7 Å². The maximum Gasteiger partial charge on any atom is 0.220 e. The van der Waals surface area contributed by atoms with Gasteiger partial charge >= 0.3 is 0 Å². The molecule has 100 valence electrons. The highest BCUT2D eigenvalue weighted by molar-refractivity contribution is 5.74. The van der Waals surface area contributed by atoms with E-state index >= 15 is 0 Å². The molecule has 0 aromatic carbocycles. The summed E-state index contributed by atoms with van der Waals surface area (Å²) in [5.74, 6) is 1.05. The van der Waals surface area contributed by atoms with Crippen molar-refractivity contribution >= 4 is 11.4 Å². The van der Waals surface area contributed by atoms with E-state index < -0.39 is 0 Å². The molecule has 1 aliphatic rings. The second-order valence-corrected chi connectivity index (χ2v) is 5.14. The van der Waals surface area contributed by atoms with Crippen molar-refractivity contribution in [2.75, 3.05) is 6.54 Å². The fourth-order valence-electron chi connectivity index (χ4n) is 2.89. The number of aromatic nitrogens is 3. The van der Waals surface area contributed by atoms with Gasteiger partial charge in [-0.05, 0) is 32.3 Å². The van der Waals surface area contributed by atoms with E-state index in [2.05, 4.69) is 9.97 Å². The number of aryl methyl sites for hydroxylation is 1. The normalized spacial score (nSPS) is 19.9. The largest absolute Gasteiger partial charge is 0.334 e. The Labute approximate surface area is 112 Å². The second kappa shape index (κ2) is 4.64. The molecule has 1 fully saturated rings. The van der Waals surface area contributed by atoms with Crippen molar-refractivity contribution < 1.29 is 4.79 Å². The minimum atomic E-state index is 0.116. The Morgan fingerprint density at radius 1 is 1.42 bits per heavy atom. The average molecular weight is 258 g/mol. The number of hydrogen-bond acceptors (Lipinski definition) is 3. The van der Waals surface area contributed by atoms with Gasteiger partial charge in [0, 0.05) is 13.5 Å². The summed E-state index contributed by atoms with van der Waals surface area (Å²) in [5.41, 5.74) is 2.02. The molecule has 1 atom stereocenters. The lowest BCUT2D eigenvalue weighted by atomic mass is 9.99. The summed E-state index contributed by atoms with van der Waals surface area (Å²) < 4.78 is 1.96. The summed E-state index contributed by atoms with van der Waals surface area (Å²) in [6.07, 6.45) is 6.84. The molecule has 0 saturated carbocycles. The van der Waals surface area contributed by atoms with Crippen LogP contribution < -0.4 is 0 Å². The Morgan fingerprint density at radius 3 is 3.05 bits per heavy atom. The Bertz CT molecular complexity index is 619. The number of carbonyl (C=O) groups is 1. The topological polar surface area (TPSA) is 50.5 Å². The lowest BCUT2D eigenvalue weighted by Gasteiger charge is -2.34. The number of hydrogen-bond donors (Lipinski definition) is 0. The van der Waals surface area contributed by atoms with Gasteiger partial charge in [0.05, 0.1) is 23.4 Å². The van der Waals surface area contributed by atoms with Gasteiger partial charge in [0.1, 0.15) is 12.2 Å². The molecular weight excluding hydrogens is 240 g/mol. The Hall–Kier alpha value is -1.91. The molecule has 19 heavy (non-hydrogen) atoms. The minimum absolute atomic E-state index is 0.116. The SMILES string of the molecule is CC(=O)N1CCCCC1c1cc2cncn2c(C)n1. The maximum absolute atomic E-state index is 11.8. The first-order valence-corrected chi connectivity index (χ1v) is 6.73. The van der Waals surface area contributed by atoms with E-state index in [-0.39, 0.29) is 11.9 Å². The Kier molecular flexibility index (Phi) is 2.97. The van der Waals surface area contributed by atoms with Gasteiger partial charge in [-0.15, -0.1) is 0 Å². The first-order valence-electron chi connectivity index (χ1n) is 6.73. The van der Waals surface area contributed by atoms with E-state index in [0.717, 1.165) is 42.8 Å². The van der Waals surface area contributed by atoms with Crippen LogP contribution in [-0.2, 0) is 4.79 Å². The fraction of sp³-hybridized carbons (Fsp3) is 0.500. The number of likely N-dealkylation sites (tertiary alicyclic amines) is 1. The number of imidazole rings is 1. The number of nitrogens with zero attached hydrogens (tertiary/aromatic N) is 4. The van der Waals surface area contributed by atoms with E-state index in [4.69, 9.17) is 0 Å². The number of amides is 1. The van der Waals surface area contributed by atoms with Crippen molar-refractivity contribution in [3.8, 4) is 0 Å². The number of rotatable bonds is 1. The van der Waals surface area contributed by atoms with Gasteiger partial charge in [0.15, 0.2) is 0 Å². The molecule has 5 heteroatoms. The molecule has 0 bridgehead atoms. The van der Waals surface area contributed by atoms with Crippen LogP contribution in [0.2, 0.25) is 0 Å². The summed E-state index contributed by atoms with van der Waals surface area (Å²) >= 11 is 0. The Balaban J connectivity index is 2.04. The molecule has 0 spiro atoms. The molecule has 1 amide bonds. The van der Waals surface area contributed by atoms with Crippen molar-refractivity contribution in [3.63, 3.8) is 0 Å². The fourth-order valence-corrected chi connectivity index (χ4v) is 2.89. The maximum atomic E-state index is 11.8. The molecule has 3 heterocycles. The molecule has 3 rings (SSSR count). The molecular formula is C14H18N4O. The van der Waals surface area contributed by atoms with Gasteiger partial charge in [0.2, 0.25) is 5.91 Å². The molecule has 5 nitrogen and oxygen atoms in total. The van der Waals surface area contributed by atoms with Crippen molar-refractivity contribution in [1.82, 2.24) is 19.3 Å². The lowest BCUT2D eigenvalue weighted by Crippen LogP contribution is -2.37. The van der Waals surface area contributed by atoms with E-state index in [1.165, 1.54) is 0 Å². The number of piperidine rings is 1. The molecule has 1 unspecified atom stereocenters. The number of fused-ring (bicyclic) bond motifs is 1. The highest BCUT2D eigenvalue weighted by atomic mass is 16.2. The van der Waals surface area contributed by atoms with Gasteiger partial charge in [0.25, 0.3) is 0 Å². The van der Waals surface area contributed by atoms with E-state index in [9.17, 15) is 4.79 Å². The zero-order chi connectivity index (χ0) is 13.4. The monoisotopic (exact) mass is 258 g/mol. The smallest absolute Gasteiger partial charge is 0.220 e. The average Bonchev–Trinajstić information content (AvgIpc) is 2.87. The lowest BCUT2D eigenvalue weighted by molar-refractivity contribution is -0.132. The summed E-state index contributed by atoms with van der Waals surface area (Å²) in [5, 5.41) is 0. The van der Waals surface area contributed by atoms with E-state index in [1.54, 1.807) is 13.3 Å². The molecule has 2 aromatic heterocycles. The molecule has 0 radical (unpaired) electrons. The zero-order valence-corrected chi connectivity index (χ0v) is 11.3. The highest BCUT2D eigenvalue weighted by Crippen LogP contribution is 2.30. The molecule has 2 aromatic rings. The van der Waals surface area contributed by atoms with E-state index in [0.29, 0.717) is 0 Å². The summed E-state index contributed by atoms with van der Waals surface area (Å²) in [4.78, 5) is 22.5. The summed E-state index contributed by atoms with van der Waals surface area (Å²) in [7, 11) is 0. The minimum Gasteiger partial charge on any atom is -0.334 e. The van der Waals surface area contributed by atoms with Gasteiger partial charge < -0.3 is 4.90 Å². The summed E-state index contributed by atoms with van der Waals surface area (Å²) in [6.45, 7) is 4.45. The van der Waals surface area contributed by atoms with E-state index in [1.807, 2.05) is 28.5 Å². The van der Waals surface area contributed by atoms with Crippen LogP contribution in [0.3, 0.4) is 0 Å². The van der Waals surface area contributed by atoms with Crippen LogP contribution in [0.1, 0.15) is 43.7 Å². The van der Waals surface area contributed by atoms with Crippen LogP contribution in [0.4, 0.5) is 0 Å². The van der Waals surface area contributed by atoms with Crippen LogP contribution in [0.15, 0.2) is 18.6 Å². The molecule has 1 saturated heterocycles. The van der Waals surface area contributed by atoms with Crippen LogP contribution in [0, 0.1) is 6.92 Å². The van der Waals surface area contributed by atoms with Gasteiger partial charge in [-0.1, -0.05) is 0 Å². The molecule has 1 aliphatic heterocycles. The summed E-state index contributed by atoms with van der Waals surface area (Å²) in [6, 6.07) is 2.16. The third-order valence-corrected chi connectivity index (χ3v) is 3.85. The number of carbonyl (C=O) groups excluding carboxylic acids is 1. The van der Waals surface area contributed by atoms with Crippen LogP contribution in [0.25, 0.3) is 5.52 Å². The van der Waals surface area contributed by atoms with Crippen LogP contribution >= 0.6 is 0 Å². The van der Waals surface area contributed by atoms with Crippen molar-refractivity contribution in [1.29, 1.82) is 0 Å². The van der Waals surface area contributed by atoms with Crippen molar-refractivity contribution in [3.05, 3.63) is 30.1 Å². The predicted molar refractivity (Wildman–Crippen MR) is 71.7 cm³/mol. The van der Waals surface area contributed by atoms with Gasteiger partial charge in [-0.2, -0.15) is 0 Å². The predicted octanol–water partition coefficient (Wildman–Crippen LogP) is 2.11. The third kappa shape index (κ3) is 2.09. The molecule has 0 N–H and O–H groups in total. The first kappa shape index (κ1) is 12.1. The standard InChI is InChI=1S/C14H18N4O/c1-10-16-13(7-12-8-15-9-18(10)12)14-5-3-4-6-17(14)11(2)19/h7-9,14H,3-6H2,1-2H3. The zero-order valence-electron chi connectivity index (χ0n) is 11.3. The van der Waals surface area contributed by atoms with Gasteiger partial charge in [-0.3, -0.25) is 9.20 Å². The van der Waals surface area contributed by atoms with Crippen LogP contribution in [0.5, 0.6) is 0 Å².